The number of aryl methyl sites for hydroxylation is 1. The summed E-state index contributed by atoms with van der Waals surface area (Å²) in [6.07, 6.45) is -0.147. The number of nitrogens with one attached hydrogen (secondary N) is 1. The number of carbonyl (C=O) groups is 3. The first-order valence-electron chi connectivity index (χ1n) is 5.90. The Morgan fingerprint density at radius 1 is 1.40 bits per heavy atom. The van der Waals surface area contributed by atoms with Gasteiger partial charge in [-0.25, -0.2) is 4.79 Å². The van der Waals surface area contributed by atoms with E-state index in [1.165, 1.54) is 0 Å². The Hall–Kier alpha value is -1.89. The van der Waals surface area contributed by atoms with E-state index in [4.69, 9.17) is 10.8 Å². The van der Waals surface area contributed by atoms with Crippen LogP contribution in [-0.4, -0.2) is 28.9 Å². The molecule has 1 unspecified atom stereocenters. The number of carbonyl (C=O) groups excluding carboxylic acids is 2. The van der Waals surface area contributed by atoms with Crippen LogP contribution in [0.3, 0.4) is 0 Å². The fourth-order valence-corrected chi connectivity index (χ4v) is 2.05. The monoisotopic (exact) mass is 342 g/mol. The molecule has 0 bridgehead atoms. The van der Waals surface area contributed by atoms with Crippen LogP contribution in [0.2, 0.25) is 0 Å². The lowest BCUT2D eigenvalue weighted by Crippen LogP contribution is -2.41. The quantitative estimate of drug-likeness (QED) is 0.721. The van der Waals surface area contributed by atoms with Crippen molar-refractivity contribution in [3.63, 3.8) is 0 Å². The summed E-state index contributed by atoms with van der Waals surface area (Å²) < 4.78 is 0.608. The number of benzene rings is 1. The van der Waals surface area contributed by atoms with Crippen LogP contribution in [0, 0.1) is 6.92 Å². The minimum Gasteiger partial charge on any atom is -0.480 e. The summed E-state index contributed by atoms with van der Waals surface area (Å²) >= 11 is 3.29. The van der Waals surface area contributed by atoms with Crippen LogP contribution in [-0.2, 0) is 9.59 Å². The zero-order valence-corrected chi connectivity index (χ0v) is 12.4. The molecule has 4 N–H and O–H groups in total. The standard InChI is InChI=1S/C13H15BrN2O4/c1-7-3-2-4-8(11(7)14)12(18)16-9(13(19)20)5-6-10(15)17/h2-4,9H,5-6H2,1H3,(H2,15,17)(H,16,18)(H,19,20). The van der Waals surface area contributed by atoms with Gasteiger partial charge in [0, 0.05) is 10.9 Å². The average Bonchev–Trinajstić information content (AvgIpc) is 2.36. The molecule has 0 aliphatic carbocycles. The number of halogens is 1. The number of aliphatic carboxylic acids is 1. The number of carboxylic acids is 1. The van der Waals surface area contributed by atoms with Gasteiger partial charge in [-0.15, -0.1) is 0 Å². The second kappa shape index (κ2) is 7.04. The summed E-state index contributed by atoms with van der Waals surface area (Å²) in [7, 11) is 0. The molecule has 0 aromatic heterocycles. The number of hydrogen-bond donors (Lipinski definition) is 3. The zero-order valence-electron chi connectivity index (χ0n) is 10.9. The minimum absolute atomic E-state index is 0.0418. The molecule has 0 saturated heterocycles. The Balaban J connectivity index is 2.83. The van der Waals surface area contributed by atoms with Crippen LogP contribution in [0.5, 0.6) is 0 Å². The van der Waals surface area contributed by atoms with Gasteiger partial charge in [0.2, 0.25) is 5.91 Å². The van der Waals surface area contributed by atoms with E-state index in [1.54, 1.807) is 12.1 Å². The maximum Gasteiger partial charge on any atom is 0.326 e. The van der Waals surface area contributed by atoms with E-state index in [0.717, 1.165) is 5.56 Å². The SMILES string of the molecule is Cc1cccc(C(=O)NC(CCC(N)=O)C(=O)O)c1Br. The maximum absolute atomic E-state index is 12.1. The van der Waals surface area contributed by atoms with Gasteiger partial charge in [0.15, 0.2) is 0 Å². The molecule has 1 rings (SSSR count). The molecule has 0 spiro atoms. The molecule has 0 aliphatic heterocycles. The molecular weight excluding hydrogens is 328 g/mol. The smallest absolute Gasteiger partial charge is 0.326 e. The maximum atomic E-state index is 12.1. The van der Waals surface area contributed by atoms with E-state index in [9.17, 15) is 14.4 Å². The molecule has 6 nitrogen and oxygen atoms in total. The predicted octanol–water partition coefficient (Wildman–Crippen LogP) is 1.21. The van der Waals surface area contributed by atoms with Crippen LogP contribution < -0.4 is 11.1 Å². The molecule has 0 aliphatic rings. The normalized spacial score (nSPS) is 11.7. The van der Waals surface area contributed by atoms with Crippen LogP contribution in [0.1, 0.15) is 28.8 Å². The molecule has 0 saturated carbocycles. The molecule has 108 valence electrons. The number of primary amides is 1. The third-order valence-electron chi connectivity index (χ3n) is 2.72. The van der Waals surface area contributed by atoms with Crippen molar-refractivity contribution in [2.45, 2.75) is 25.8 Å². The first-order valence-corrected chi connectivity index (χ1v) is 6.69. The first-order chi connectivity index (χ1) is 9.32. The Morgan fingerprint density at radius 2 is 2.05 bits per heavy atom. The van der Waals surface area contributed by atoms with Gasteiger partial charge in [-0.05, 0) is 40.9 Å². The summed E-state index contributed by atoms with van der Waals surface area (Å²) in [5.74, 6) is -2.33. The zero-order chi connectivity index (χ0) is 15.3. The van der Waals surface area contributed by atoms with Crippen LogP contribution in [0.15, 0.2) is 22.7 Å². The molecule has 0 fully saturated rings. The van der Waals surface area contributed by atoms with Crippen molar-refractivity contribution in [1.82, 2.24) is 5.32 Å². The first kappa shape index (κ1) is 16.2. The molecule has 1 aromatic carbocycles. The van der Waals surface area contributed by atoms with E-state index in [-0.39, 0.29) is 12.8 Å². The highest BCUT2D eigenvalue weighted by Crippen LogP contribution is 2.21. The van der Waals surface area contributed by atoms with E-state index in [1.807, 2.05) is 13.0 Å². The van der Waals surface area contributed by atoms with Crippen LogP contribution in [0.4, 0.5) is 0 Å². The van der Waals surface area contributed by atoms with Crippen LogP contribution in [0.25, 0.3) is 0 Å². The second-order valence-electron chi connectivity index (χ2n) is 4.31. The lowest BCUT2D eigenvalue weighted by atomic mass is 10.1. The van der Waals surface area contributed by atoms with Crippen molar-refractivity contribution >= 4 is 33.7 Å². The molecule has 0 radical (unpaired) electrons. The highest BCUT2D eigenvalue weighted by Gasteiger charge is 2.22. The van der Waals surface area contributed by atoms with Gasteiger partial charge in [-0.1, -0.05) is 12.1 Å². The van der Waals surface area contributed by atoms with E-state index in [2.05, 4.69) is 21.2 Å². The largest absolute Gasteiger partial charge is 0.480 e. The van der Waals surface area contributed by atoms with Crippen molar-refractivity contribution in [3.8, 4) is 0 Å². The number of amides is 2. The predicted molar refractivity (Wildman–Crippen MR) is 76.2 cm³/mol. The van der Waals surface area contributed by atoms with Gasteiger partial charge in [0.05, 0.1) is 5.56 Å². The molecule has 2 amide bonds. The van der Waals surface area contributed by atoms with Crippen molar-refractivity contribution in [3.05, 3.63) is 33.8 Å². The topological polar surface area (TPSA) is 109 Å². The molecular formula is C13H15BrN2O4. The van der Waals surface area contributed by atoms with Crippen molar-refractivity contribution in [1.29, 1.82) is 0 Å². The van der Waals surface area contributed by atoms with Gasteiger partial charge in [0.1, 0.15) is 6.04 Å². The second-order valence-corrected chi connectivity index (χ2v) is 5.10. The number of rotatable bonds is 6. The summed E-state index contributed by atoms with van der Waals surface area (Å²) in [6.45, 7) is 1.82. The molecule has 1 atom stereocenters. The average molecular weight is 343 g/mol. The summed E-state index contributed by atoms with van der Waals surface area (Å²) in [6, 6.07) is 3.96. The van der Waals surface area contributed by atoms with Gasteiger partial charge in [0.25, 0.3) is 5.91 Å². The third kappa shape index (κ3) is 4.34. The Labute approximate surface area is 124 Å². The summed E-state index contributed by atoms with van der Waals surface area (Å²) in [5, 5.41) is 11.4. The Bertz CT molecular complexity index is 545. The highest BCUT2D eigenvalue weighted by atomic mass is 79.9. The Morgan fingerprint density at radius 3 is 2.60 bits per heavy atom. The van der Waals surface area contributed by atoms with Gasteiger partial charge in [-0.3, -0.25) is 9.59 Å². The van der Waals surface area contributed by atoms with E-state index in [0.29, 0.717) is 10.0 Å². The van der Waals surface area contributed by atoms with Gasteiger partial charge in [-0.2, -0.15) is 0 Å². The fourth-order valence-electron chi connectivity index (χ4n) is 1.60. The lowest BCUT2D eigenvalue weighted by molar-refractivity contribution is -0.139. The molecule has 0 heterocycles. The number of nitrogens with two attached hydrogens (primary N) is 1. The third-order valence-corrected chi connectivity index (χ3v) is 3.77. The lowest BCUT2D eigenvalue weighted by Gasteiger charge is -2.15. The van der Waals surface area contributed by atoms with Crippen molar-refractivity contribution in [2.24, 2.45) is 5.73 Å². The highest BCUT2D eigenvalue weighted by molar-refractivity contribution is 9.10. The van der Waals surface area contributed by atoms with Gasteiger partial charge >= 0.3 is 5.97 Å². The van der Waals surface area contributed by atoms with E-state index < -0.39 is 23.8 Å². The molecule has 1 aromatic rings. The summed E-state index contributed by atoms with van der Waals surface area (Å²) in [4.78, 5) is 33.8. The Kier molecular flexibility index (Phi) is 5.69. The van der Waals surface area contributed by atoms with E-state index >= 15 is 0 Å². The number of carboxylic acid groups (broad SMARTS) is 1. The molecule has 7 heteroatoms. The molecule has 20 heavy (non-hydrogen) atoms. The fraction of sp³-hybridized carbons (Fsp3) is 0.308. The number of hydrogen-bond acceptors (Lipinski definition) is 3. The van der Waals surface area contributed by atoms with Gasteiger partial charge < -0.3 is 16.2 Å². The minimum atomic E-state index is -1.21. The van der Waals surface area contributed by atoms with Crippen molar-refractivity contribution in [2.75, 3.05) is 0 Å². The van der Waals surface area contributed by atoms with Crippen LogP contribution >= 0.6 is 15.9 Å². The summed E-state index contributed by atoms with van der Waals surface area (Å²) in [5.41, 5.74) is 6.18. The van der Waals surface area contributed by atoms with Crippen molar-refractivity contribution < 1.29 is 19.5 Å².